The third-order valence-corrected chi connectivity index (χ3v) is 8.85. The first-order chi connectivity index (χ1) is 14.8. The molecule has 0 spiro atoms. The lowest BCUT2D eigenvalue weighted by atomic mass is 10.1. The predicted octanol–water partition coefficient (Wildman–Crippen LogP) is 3.60. The molecule has 0 atom stereocenters. The van der Waals surface area contributed by atoms with E-state index >= 15 is 0 Å². The molecule has 0 bridgehead atoms. The van der Waals surface area contributed by atoms with Gasteiger partial charge in [-0.2, -0.15) is 0 Å². The van der Waals surface area contributed by atoms with Gasteiger partial charge in [0.15, 0.2) is 15.0 Å². The van der Waals surface area contributed by atoms with Crippen LogP contribution >= 0.6 is 11.3 Å². The molecular weight excluding hydrogens is 430 g/mol. The van der Waals surface area contributed by atoms with E-state index in [9.17, 15) is 13.2 Å². The highest BCUT2D eigenvalue weighted by Gasteiger charge is 2.24. The molecular formula is C23H27N3O3S2. The zero-order valence-electron chi connectivity index (χ0n) is 18.1. The zero-order valence-corrected chi connectivity index (χ0v) is 19.7. The van der Waals surface area contributed by atoms with Gasteiger partial charge in [-0.15, -0.1) is 0 Å². The average Bonchev–Trinajstić information content (AvgIpc) is 3.24. The fourth-order valence-corrected chi connectivity index (χ4v) is 5.85. The van der Waals surface area contributed by atoms with Gasteiger partial charge in [0.25, 0.3) is 0 Å². The maximum absolute atomic E-state index is 12.8. The van der Waals surface area contributed by atoms with Crippen LogP contribution in [-0.4, -0.2) is 56.1 Å². The van der Waals surface area contributed by atoms with E-state index in [-0.39, 0.29) is 18.1 Å². The Kier molecular flexibility index (Phi) is 6.03. The first-order valence-electron chi connectivity index (χ1n) is 10.5. The highest BCUT2D eigenvalue weighted by atomic mass is 32.2. The fraction of sp³-hybridized carbons (Fsp3) is 0.391. The number of sulfone groups is 1. The van der Waals surface area contributed by atoms with Crippen molar-refractivity contribution in [3.05, 3.63) is 53.1 Å². The van der Waals surface area contributed by atoms with Crippen molar-refractivity contribution in [3.63, 3.8) is 0 Å². The minimum Gasteiger partial charge on any atom is -0.345 e. The lowest BCUT2D eigenvalue weighted by molar-refractivity contribution is -0.130. The van der Waals surface area contributed by atoms with Gasteiger partial charge in [0.2, 0.25) is 5.91 Å². The molecule has 0 saturated carbocycles. The Balaban J connectivity index is 1.38. The van der Waals surface area contributed by atoms with Crippen molar-refractivity contribution in [2.45, 2.75) is 32.1 Å². The standard InChI is InChI=1S/C23H27N3O3S2/c1-4-31(28,29)19-9-7-18(8-10-19)15-20(27)25-11-13-26(14-12-25)23-24-21-16(2)5-6-17(3)22(21)30-23/h5-10H,4,11-15H2,1-3H3. The summed E-state index contributed by atoms with van der Waals surface area (Å²) in [6, 6.07) is 10.9. The number of nitrogens with zero attached hydrogens (tertiary/aromatic N) is 3. The molecule has 31 heavy (non-hydrogen) atoms. The number of piperazine rings is 1. The number of hydrogen-bond acceptors (Lipinski definition) is 6. The maximum Gasteiger partial charge on any atom is 0.227 e. The normalized spacial score (nSPS) is 14.9. The number of fused-ring (bicyclic) bond motifs is 1. The van der Waals surface area contributed by atoms with Crippen LogP contribution in [0.4, 0.5) is 5.13 Å². The molecule has 1 amide bonds. The first kappa shape index (κ1) is 21.8. The summed E-state index contributed by atoms with van der Waals surface area (Å²) in [5, 5.41) is 1.02. The Morgan fingerprint density at radius 1 is 1.00 bits per heavy atom. The Morgan fingerprint density at radius 2 is 1.65 bits per heavy atom. The van der Waals surface area contributed by atoms with Crippen molar-refractivity contribution in [3.8, 4) is 0 Å². The molecule has 1 aliphatic heterocycles. The number of aromatic nitrogens is 1. The highest BCUT2D eigenvalue weighted by Crippen LogP contribution is 2.33. The van der Waals surface area contributed by atoms with Gasteiger partial charge in [-0.1, -0.05) is 42.5 Å². The van der Waals surface area contributed by atoms with Gasteiger partial charge in [0, 0.05) is 26.2 Å². The second kappa shape index (κ2) is 8.59. The van der Waals surface area contributed by atoms with E-state index in [2.05, 4.69) is 30.9 Å². The van der Waals surface area contributed by atoms with Crippen LogP contribution in [0.25, 0.3) is 10.2 Å². The summed E-state index contributed by atoms with van der Waals surface area (Å²) >= 11 is 1.72. The molecule has 1 aliphatic rings. The predicted molar refractivity (Wildman–Crippen MR) is 126 cm³/mol. The largest absolute Gasteiger partial charge is 0.345 e. The molecule has 2 heterocycles. The van der Waals surface area contributed by atoms with E-state index in [0.29, 0.717) is 18.0 Å². The minimum absolute atomic E-state index is 0.0711. The second-order valence-corrected chi connectivity index (χ2v) is 11.2. The van der Waals surface area contributed by atoms with Crippen LogP contribution in [0.3, 0.4) is 0 Å². The number of hydrogen-bond donors (Lipinski definition) is 0. The number of thiazole rings is 1. The number of carbonyl (C=O) groups is 1. The minimum atomic E-state index is -3.22. The molecule has 0 N–H and O–H groups in total. The highest BCUT2D eigenvalue weighted by molar-refractivity contribution is 7.91. The summed E-state index contributed by atoms with van der Waals surface area (Å²) in [6.07, 6.45) is 0.284. The van der Waals surface area contributed by atoms with Gasteiger partial charge in [0.1, 0.15) is 0 Å². The molecule has 1 aromatic heterocycles. The van der Waals surface area contributed by atoms with E-state index in [1.54, 1.807) is 42.5 Å². The van der Waals surface area contributed by atoms with Gasteiger partial charge in [-0.25, -0.2) is 13.4 Å². The third kappa shape index (κ3) is 4.45. The molecule has 8 heteroatoms. The van der Waals surface area contributed by atoms with E-state index < -0.39 is 9.84 Å². The maximum atomic E-state index is 12.8. The van der Waals surface area contributed by atoms with Crippen molar-refractivity contribution >= 4 is 42.4 Å². The summed E-state index contributed by atoms with van der Waals surface area (Å²) in [5.74, 6) is 0.144. The van der Waals surface area contributed by atoms with Crippen LogP contribution in [0.1, 0.15) is 23.6 Å². The van der Waals surface area contributed by atoms with Crippen molar-refractivity contribution < 1.29 is 13.2 Å². The van der Waals surface area contributed by atoms with E-state index in [0.717, 1.165) is 29.3 Å². The monoisotopic (exact) mass is 457 g/mol. The smallest absolute Gasteiger partial charge is 0.227 e. The van der Waals surface area contributed by atoms with E-state index in [1.807, 2.05) is 4.90 Å². The van der Waals surface area contributed by atoms with Gasteiger partial charge in [-0.05, 0) is 42.7 Å². The first-order valence-corrected chi connectivity index (χ1v) is 13.0. The van der Waals surface area contributed by atoms with E-state index in [1.165, 1.54) is 15.8 Å². The summed E-state index contributed by atoms with van der Waals surface area (Å²) in [6.45, 7) is 8.68. The number of anilines is 1. The summed E-state index contributed by atoms with van der Waals surface area (Å²) in [7, 11) is -3.22. The van der Waals surface area contributed by atoms with Crippen LogP contribution in [0.2, 0.25) is 0 Å². The number of aryl methyl sites for hydroxylation is 2. The van der Waals surface area contributed by atoms with Crippen LogP contribution in [-0.2, 0) is 21.1 Å². The molecule has 6 nitrogen and oxygen atoms in total. The Morgan fingerprint density at radius 3 is 2.26 bits per heavy atom. The molecule has 3 aromatic rings. The summed E-state index contributed by atoms with van der Waals surface area (Å²) in [4.78, 5) is 22.1. The summed E-state index contributed by atoms with van der Waals surface area (Å²) in [5.41, 5.74) is 4.34. The van der Waals surface area contributed by atoms with Crippen molar-refractivity contribution in [1.29, 1.82) is 0 Å². The van der Waals surface area contributed by atoms with E-state index in [4.69, 9.17) is 4.98 Å². The Hall–Kier alpha value is -2.45. The van der Waals surface area contributed by atoms with Gasteiger partial charge in [0.05, 0.1) is 27.3 Å². The molecule has 164 valence electrons. The van der Waals surface area contributed by atoms with Gasteiger partial charge >= 0.3 is 0 Å². The van der Waals surface area contributed by atoms with Gasteiger partial charge in [-0.3, -0.25) is 4.79 Å². The van der Waals surface area contributed by atoms with Crippen molar-refractivity contribution in [1.82, 2.24) is 9.88 Å². The lowest BCUT2D eigenvalue weighted by Gasteiger charge is -2.34. The molecule has 1 saturated heterocycles. The van der Waals surface area contributed by atoms with Crippen LogP contribution in [0.15, 0.2) is 41.3 Å². The SMILES string of the molecule is CCS(=O)(=O)c1ccc(CC(=O)N2CCN(c3nc4c(C)ccc(C)c4s3)CC2)cc1. The molecule has 1 fully saturated rings. The number of amides is 1. The van der Waals surface area contributed by atoms with Crippen LogP contribution < -0.4 is 4.90 Å². The topological polar surface area (TPSA) is 70.6 Å². The lowest BCUT2D eigenvalue weighted by Crippen LogP contribution is -2.49. The molecule has 0 aliphatic carbocycles. The van der Waals surface area contributed by atoms with Crippen molar-refractivity contribution in [2.75, 3.05) is 36.8 Å². The van der Waals surface area contributed by atoms with Gasteiger partial charge < -0.3 is 9.80 Å². The Labute approximate surface area is 187 Å². The number of rotatable bonds is 5. The third-order valence-electron chi connectivity index (χ3n) is 5.85. The molecule has 0 unspecified atom stereocenters. The second-order valence-electron chi connectivity index (χ2n) is 7.97. The number of carbonyl (C=O) groups excluding carboxylic acids is 1. The quantitative estimate of drug-likeness (QED) is 0.586. The molecule has 4 rings (SSSR count). The number of benzene rings is 2. The van der Waals surface area contributed by atoms with Crippen molar-refractivity contribution in [2.24, 2.45) is 0 Å². The Bertz CT molecular complexity index is 1170. The zero-order chi connectivity index (χ0) is 22.2. The molecule has 2 aromatic carbocycles. The van der Waals surface area contributed by atoms with Crippen LogP contribution in [0, 0.1) is 13.8 Å². The fourth-order valence-electron chi connectivity index (χ4n) is 3.80. The average molecular weight is 458 g/mol. The van der Waals surface area contributed by atoms with Crippen LogP contribution in [0.5, 0.6) is 0 Å². The summed E-state index contributed by atoms with van der Waals surface area (Å²) < 4.78 is 25.1. The molecule has 0 radical (unpaired) electrons.